The molecule has 0 aliphatic carbocycles. The molecule has 0 saturated heterocycles. The molecule has 0 fully saturated rings. The molecule has 2 aromatic heterocycles. The van der Waals surface area contributed by atoms with Crippen molar-refractivity contribution in [2.45, 2.75) is 6.92 Å². The predicted molar refractivity (Wildman–Crippen MR) is 60.0 cm³/mol. The van der Waals surface area contributed by atoms with Gasteiger partial charge >= 0.3 is 0 Å². The van der Waals surface area contributed by atoms with Crippen molar-refractivity contribution in [2.24, 2.45) is 0 Å². The first-order valence-corrected chi connectivity index (χ1v) is 5.08. The molecule has 16 heavy (non-hydrogen) atoms. The lowest BCUT2D eigenvalue weighted by atomic mass is 10.3. The molecule has 0 amide bonds. The highest BCUT2D eigenvalue weighted by molar-refractivity contribution is 6.31. The Morgan fingerprint density at radius 2 is 2.12 bits per heavy atom. The molecular weight excluding hydrogens is 228 g/mol. The monoisotopic (exact) mass is 234 g/mol. The van der Waals surface area contributed by atoms with Crippen LogP contribution in [0, 0.1) is 6.92 Å². The van der Waals surface area contributed by atoms with Crippen LogP contribution >= 0.6 is 11.6 Å². The van der Waals surface area contributed by atoms with Crippen LogP contribution < -0.4 is 5.56 Å². The molecule has 0 aliphatic heterocycles. The Labute approximate surface area is 94.9 Å². The highest BCUT2D eigenvalue weighted by Crippen LogP contribution is 2.16. The molecule has 80 valence electrons. The third-order valence-electron chi connectivity index (χ3n) is 2.46. The van der Waals surface area contributed by atoms with Crippen LogP contribution in [-0.4, -0.2) is 19.5 Å². The van der Waals surface area contributed by atoms with E-state index in [1.165, 1.54) is 10.7 Å². The molecule has 0 spiro atoms. The quantitative estimate of drug-likeness (QED) is 0.589. The van der Waals surface area contributed by atoms with Crippen molar-refractivity contribution in [3.8, 4) is 0 Å². The Morgan fingerprint density at radius 1 is 1.31 bits per heavy atom. The Balaban J connectivity index is 2.63. The molecule has 0 saturated carbocycles. The maximum atomic E-state index is 11.5. The van der Waals surface area contributed by atoms with E-state index in [-0.39, 0.29) is 5.56 Å². The van der Waals surface area contributed by atoms with E-state index in [4.69, 9.17) is 11.6 Å². The van der Waals surface area contributed by atoms with Gasteiger partial charge in [-0.1, -0.05) is 11.6 Å². The van der Waals surface area contributed by atoms with Gasteiger partial charge in [-0.15, -0.1) is 9.73 Å². The van der Waals surface area contributed by atoms with E-state index < -0.39 is 0 Å². The first kappa shape index (κ1) is 9.35. The van der Waals surface area contributed by atoms with Crippen LogP contribution in [0.2, 0.25) is 5.02 Å². The molecule has 0 aliphatic rings. The topological polar surface area (TPSA) is 51.7 Å². The van der Waals surface area contributed by atoms with Gasteiger partial charge in [-0.25, -0.2) is 4.52 Å². The molecule has 0 bridgehead atoms. The summed E-state index contributed by atoms with van der Waals surface area (Å²) in [7, 11) is 0. The number of hydrogen-bond acceptors (Lipinski definition) is 3. The Bertz CT molecular complexity index is 758. The number of nitrogens with zero attached hydrogens (tertiary/aromatic N) is 4. The highest BCUT2D eigenvalue weighted by Gasteiger charge is 2.07. The van der Waals surface area contributed by atoms with Crippen LogP contribution in [0.4, 0.5) is 0 Å². The first-order chi connectivity index (χ1) is 7.66. The third-order valence-corrected chi connectivity index (χ3v) is 2.69. The zero-order valence-electron chi connectivity index (χ0n) is 8.38. The largest absolute Gasteiger partial charge is 0.290 e. The molecule has 3 rings (SSSR count). The Morgan fingerprint density at radius 3 is 2.94 bits per heavy atom. The zero-order valence-corrected chi connectivity index (χ0v) is 9.14. The minimum absolute atomic E-state index is 0.193. The van der Waals surface area contributed by atoms with E-state index >= 15 is 0 Å². The summed E-state index contributed by atoms with van der Waals surface area (Å²) in [6.45, 7) is 1.84. The number of halogens is 1. The molecule has 3 aromatic rings. The van der Waals surface area contributed by atoms with Gasteiger partial charge < -0.3 is 0 Å². The Kier molecular flexibility index (Phi) is 1.79. The lowest BCUT2D eigenvalue weighted by Gasteiger charge is -2.03. The van der Waals surface area contributed by atoms with Gasteiger partial charge in [-0.05, 0) is 30.3 Å². The van der Waals surface area contributed by atoms with Crippen molar-refractivity contribution in [3.05, 3.63) is 45.3 Å². The zero-order chi connectivity index (χ0) is 11.3. The van der Waals surface area contributed by atoms with Gasteiger partial charge in [-0.2, -0.15) is 0 Å². The van der Waals surface area contributed by atoms with Gasteiger partial charge in [0.1, 0.15) is 5.52 Å². The number of rotatable bonds is 0. The number of aryl methyl sites for hydroxylation is 1. The number of fused-ring (bicyclic) bond motifs is 3. The maximum Gasteiger partial charge on any atom is 0.290 e. The third kappa shape index (κ3) is 1.15. The number of benzene rings is 1. The number of aromatic nitrogens is 4. The van der Waals surface area contributed by atoms with Crippen molar-refractivity contribution in [3.63, 3.8) is 0 Å². The standard InChI is InChI=1S/C10H7ClN4O/c1-6-4-10(16)15-13-12-8-5-7(11)2-3-9(8)14(6)15/h2-5H,1H3. The molecule has 0 radical (unpaired) electrons. The van der Waals surface area contributed by atoms with Crippen LogP contribution in [0.25, 0.3) is 11.0 Å². The lowest BCUT2D eigenvalue weighted by Crippen LogP contribution is -2.16. The average Bonchev–Trinajstić information content (AvgIpc) is 2.54. The van der Waals surface area contributed by atoms with Crippen LogP contribution in [0.5, 0.6) is 0 Å². The van der Waals surface area contributed by atoms with E-state index in [1.807, 2.05) is 13.0 Å². The molecule has 0 N–H and O–H groups in total. The SMILES string of the molecule is Cc1cc(=O)n2nnc3cc(Cl)ccc3n12. The summed E-state index contributed by atoms with van der Waals surface area (Å²) in [6.07, 6.45) is 0. The fourth-order valence-electron chi connectivity index (χ4n) is 1.77. The molecule has 1 aromatic carbocycles. The molecule has 0 unspecified atom stereocenters. The van der Waals surface area contributed by atoms with Gasteiger partial charge in [0.2, 0.25) is 0 Å². The summed E-state index contributed by atoms with van der Waals surface area (Å²) in [6, 6.07) is 6.81. The van der Waals surface area contributed by atoms with Gasteiger partial charge in [0.05, 0.1) is 5.52 Å². The van der Waals surface area contributed by atoms with Crippen LogP contribution in [0.1, 0.15) is 5.69 Å². The van der Waals surface area contributed by atoms with Gasteiger partial charge in [-0.3, -0.25) is 4.79 Å². The second-order valence-corrected chi connectivity index (χ2v) is 3.98. The van der Waals surface area contributed by atoms with E-state index in [9.17, 15) is 4.79 Å². The molecule has 6 heteroatoms. The molecular formula is C10H7ClN4O. The minimum Gasteiger partial charge on any atom is -0.266 e. The van der Waals surface area contributed by atoms with Crippen molar-refractivity contribution in [1.82, 2.24) is 19.5 Å². The fraction of sp³-hybridized carbons (Fsp3) is 0.100. The normalized spacial score (nSPS) is 11.4. The highest BCUT2D eigenvalue weighted by atomic mass is 35.5. The average molecular weight is 235 g/mol. The minimum atomic E-state index is -0.193. The summed E-state index contributed by atoms with van der Waals surface area (Å²) < 4.78 is 2.94. The summed E-state index contributed by atoms with van der Waals surface area (Å²) in [5, 5.41) is 8.38. The maximum absolute atomic E-state index is 11.5. The van der Waals surface area contributed by atoms with Crippen LogP contribution in [0.3, 0.4) is 0 Å². The van der Waals surface area contributed by atoms with E-state index in [0.29, 0.717) is 10.5 Å². The molecule has 5 nitrogen and oxygen atoms in total. The Hall–Kier alpha value is -1.88. The smallest absolute Gasteiger partial charge is 0.266 e. The molecule has 0 atom stereocenters. The fourth-order valence-corrected chi connectivity index (χ4v) is 1.93. The summed E-state index contributed by atoms with van der Waals surface area (Å²) >= 11 is 5.87. The summed E-state index contributed by atoms with van der Waals surface area (Å²) in [5.74, 6) is 0. The van der Waals surface area contributed by atoms with Crippen LogP contribution in [-0.2, 0) is 0 Å². The second kappa shape index (κ2) is 3.05. The summed E-state index contributed by atoms with van der Waals surface area (Å²) in [5.41, 5.74) is 2.08. The molecule has 2 heterocycles. The van der Waals surface area contributed by atoms with E-state index in [1.54, 1.807) is 16.6 Å². The van der Waals surface area contributed by atoms with Crippen molar-refractivity contribution in [1.29, 1.82) is 0 Å². The van der Waals surface area contributed by atoms with Crippen molar-refractivity contribution >= 4 is 22.6 Å². The van der Waals surface area contributed by atoms with E-state index in [2.05, 4.69) is 10.3 Å². The van der Waals surface area contributed by atoms with Crippen molar-refractivity contribution in [2.75, 3.05) is 0 Å². The number of hydrogen-bond donors (Lipinski definition) is 0. The van der Waals surface area contributed by atoms with Crippen molar-refractivity contribution < 1.29 is 0 Å². The predicted octanol–water partition coefficient (Wildman–Crippen LogP) is 1.30. The van der Waals surface area contributed by atoms with Gasteiger partial charge in [0.25, 0.3) is 5.56 Å². The van der Waals surface area contributed by atoms with Gasteiger partial charge in [0.15, 0.2) is 0 Å². The second-order valence-electron chi connectivity index (χ2n) is 3.55. The lowest BCUT2D eigenvalue weighted by molar-refractivity contribution is 0.636. The summed E-state index contributed by atoms with van der Waals surface area (Å²) in [4.78, 5) is 11.5. The first-order valence-electron chi connectivity index (χ1n) is 4.70. The van der Waals surface area contributed by atoms with E-state index in [0.717, 1.165) is 11.2 Å². The van der Waals surface area contributed by atoms with Gasteiger partial charge in [0, 0.05) is 16.8 Å². The van der Waals surface area contributed by atoms with Crippen LogP contribution in [0.15, 0.2) is 29.1 Å².